The molecule has 0 aliphatic carbocycles. The van der Waals surface area contributed by atoms with Crippen LogP contribution in [-0.2, 0) is 0 Å². The highest BCUT2D eigenvalue weighted by Gasteiger charge is 2.18. The molecule has 0 amide bonds. The van der Waals surface area contributed by atoms with Gasteiger partial charge in [0.15, 0.2) is 5.58 Å². The number of pyridine rings is 1. The lowest BCUT2D eigenvalue weighted by molar-refractivity contribution is 0.553. The van der Waals surface area contributed by atoms with Crippen LogP contribution >= 0.6 is 15.9 Å². The molecule has 2 aromatic carbocycles. The van der Waals surface area contributed by atoms with Crippen LogP contribution in [0.5, 0.6) is 0 Å². The third-order valence-corrected chi connectivity index (χ3v) is 5.15. The first kappa shape index (κ1) is 16.2. The molecule has 132 valence electrons. The molecule has 0 saturated heterocycles. The van der Waals surface area contributed by atoms with E-state index in [4.69, 9.17) is 8.83 Å². The summed E-state index contributed by atoms with van der Waals surface area (Å²) in [7, 11) is 0. The minimum Gasteiger partial charge on any atom is -0.435 e. The first-order valence-electron chi connectivity index (χ1n) is 8.41. The summed E-state index contributed by atoms with van der Waals surface area (Å²) in [6.45, 7) is 3.90. The minimum atomic E-state index is -0.484. The zero-order valence-electron chi connectivity index (χ0n) is 14.5. The van der Waals surface area contributed by atoms with Gasteiger partial charge in [0.05, 0.1) is 11.2 Å². The molecule has 6 heteroatoms. The minimum absolute atomic E-state index is 0.236. The maximum atomic E-state index is 12.5. The van der Waals surface area contributed by atoms with Crippen LogP contribution in [0.15, 0.2) is 60.6 Å². The summed E-state index contributed by atoms with van der Waals surface area (Å²) in [5, 5.41) is 1.67. The summed E-state index contributed by atoms with van der Waals surface area (Å²) in [5.74, 6) is 0.236. The number of aryl methyl sites for hydroxylation is 2. The molecule has 5 aromatic rings. The van der Waals surface area contributed by atoms with Crippen LogP contribution in [0.1, 0.15) is 11.3 Å². The van der Waals surface area contributed by atoms with E-state index in [1.807, 2.05) is 44.2 Å². The fraction of sp³-hybridized carbons (Fsp3) is 0.0952. The predicted molar refractivity (Wildman–Crippen MR) is 108 cm³/mol. The fourth-order valence-electron chi connectivity index (χ4n) is 3.32. The first-order valence-corrected chi connectivity index (χ1v) is 9.21. The summed E-state index contributed by atoms with van der Waals surface area (Å²) < 4.78 is 12.4. The lowest BCUT2D eigenvalue weighted by atomic mass is 10.1. The standard InChI is InChI=1S/C21H13BrN2O3/c1-10-4-3-5-14-17(10)23-11(2)18-19(14)27-20(24-18)15-9-12-8-13(22)6-7-16(12)26-21(15)25/h3-9H,1-2H3. The summed E-state index contributed by atoms with van der Waals surface area (Å²) in [6, 6.07) is 13.1. The highest BCUT2D eigenvalue weighted by atomic mass is 79.9. The van der Waals surface area contributed by atoms with Gasteiger partial charge < -0.3 is 8.83 Å². The zero-order chi connectivity index (χ0) is 18.7. The van der Waals surface area contributed by atoms with Gasteiger partial charge in [0.1, 0.15) is 16.7 Å². The highest BCUT2D eigenvalue weighted by Crippen LogP contribution is 2.32. The normalized spacial score (nSPS) is 11.7. The van der Waals surface area contributed by atoms with Gasteiger partial charge in [-0.2, -0.15) is 0 Å². The van der Waals surface area contributed by atoms with Crippen LogP contribution in [0.3, 0.4) is 0 Å². The second-order valence-corrected chi connectivity index (χ2v) is 7.41. The van der Waals surface area contributed by atoms with Gasteiger partial charge in [0.25, 0.3) is 0 Å². The van der Waals surface area contributed by atoms with Gasteiger partial charge in [0.2, 0.25) is 5.89 Å². The van der Waals surface area contributed by atoms with E-state index in [1.54, 1.807) is 12.1 Å². The number of aromatic nitrogens is 2. The van der Waals surface area contributed by atoms with Gasteiger partial charge in [-0.3, -0.25) is 4.98 Å². The Bertz CT molecular complexity index is 1430. The number of rotatable bonds is 1. The second kappa shape index (κ2) is 5.76. The van der Waals surface area contributed by atoms with Crippen LogP contribution in [0.25, 0.3) is 44.4 Å². The van der Waals surface area contributed by atoms with Crippen molar-refractivity contribution >= 4 is 48.9 Å². The molecule has 0 spiro atoms. The molecule has 0 atom stereocenters. The zero-order valence-corrected chi connectivity index (χ0v) is 16.1. The van der Waals surface area contributed by atoms with E-state index in [1.165, 1.54) is 0 Å². The molecule has 0 aliphatic heterocycles. The Kier molecular flexibility index (Phi) is 3.45. The van der Waals surface area contributed by atoms with Crippen molar-refractivity contribution in [3.8, 4) is 11.5 Å². The van der Waals surface area contributed by atoms with Gasteiger partial charge in [-0.1, -0.05) is 28.1 Å². The van der Waals surface area contributed by atoms with Crippen molar-refractivity contribution in [2.24, 2.45) is 0 Å². The molecule has 3 aromatic heterocycles. The van der Waals surface area contributed by atoms with Crippen molar-refractivity contribution in [1.29, 1.82) is 0 Å². The fourth-order valence-corrected chi connectivity index (χ4v) is 3.70. The van der Waals surface area contributed by atoms with Crippen LogP contribution in [-0.4, -0.2) is 9.97 Å². The van der Waals surface area contributed by atoms with Crippen molar-refractivity contribution in [2.75, 3.05) is 0 Å². The van der Waals surface area contributed by atoms with Crippen molar-refractivity contribution in [3.05, 3.63) is 68.6 Å². The number of oxazole rings is 1. The number of halogens is 1. The van der Waals surface area contributed by atoms with E-state index in [0.29, 0.717) is 16.7 Å². The number of benzene rings is 2. The number of hydrogen-bond donors (Lipinski definition) is 0. The van der Waals surface area contributed by atoms with E-state index in [0.717, 1.165) is 32.0 Å². The van der Waals surface area contributed by atoms with Crippen molar-refractivity contribution in [2.45, 2.75) is 13.8 Å². The van der Waals surface area contributed by atoms with Gasteiger partial charge in [-0.25, -0.2) is 9.78 Å². The first-order chi connectivity index (χ1) is 13.0. The highest BCUT2D eigenvalue weighted by molar-refractivity contribution is 9.10. The topological polar surface area (TPSA) is 69.1 Å². The van der Waals surface area contributed by atoms with Crippen LogP contribution in [0.4, 0.5) is 0 Å². The molecular formula is C21H13BrN2O3. The Labute approximate surface area is 161 Å². The average molecular weight is 421 g/mol. The van der Waals surface area contributed by atoms with E-state index in [9.17, 15) is 4.79 Å². The molecule has 0 aliphatic rings. The smallest absolute Gasteiger partial charge is 0.349 e. The summed E-state index contributed by atoms with van der Waals surface area (Å²) in [4.78, 5) is 21.7. The average Bonchev–Trinajstić information content (AvgIpc) is 3.09. The quantitative estimate of drug-likeness (QED) is 0.333. The van der Waals surface area contributed by atoms with Crippen LogP contribution < -0.4 is 5.63 Å². The lowest BCUT2D eigenvalue weighted by Crippen LogP contribution is -2.02. The maximum Gasteiger partial charge on any atom is 0.349 e. The Balaban J connectivity index is 1.84. The summed E-state index contributed by atoms with van der Waals surface area (Å²) in [5.41, 5.74) is 4.29. The molecule has 0 saturated carbocycles. The largest absolute Gasteiger partial charge is 0.435 e. The molecule has 27 heavy (non-hydrogen) atoms. The monoisotopic (exact) mass is 420 g/mol. The molecule has 0 unspecified atom stereocenters. The lowest BCUT2D eigenvalue weighted by Gasteiger charge is -2.02. The summed E-state index contributed by atoms with van der Waals surface area (Å²) >= 11 is 3.44. The summed E-state index contributed by atoms with van der Waals surface area (Å²) in [6.07, 6.45) is 0. The van der Waals surface area contributed by atoms with Crippen molar-refractivity contribution in [1.82, 2.24) is 9.97 Å². The molecular weight excluding hydrogens is 408 g/mol. The Hall–Kier alpha value is -2.99. The molecule has 0 bridgehead atoms. The van der Waals surface area contributed by atoms with Gasteiger partial charge in [-0.05, 0) is 49.7 Å². The predicted octanol–water partition coefficient (Wildman–Crippen LogP) is 5.53. The third-order valence-electron chi connectivity index (χ3n) is 4.66. The van der Waals surface area contributed by atoms with Gasteiger partial charge >= 0.3 is 5.63 Å². The molecule has 3 heterocycles. The third kappa shape index (κ3) is 2.48. The Morgan fingerprint density at radius 1 is 0.963 bits per heavy atom. The van der Waals surface area contributed by atoms with Gasteiger partial charge in [0, 0.05) is 15.2 Å². The van der Waals surface area contributed by atoms with E-state index in [-0.39, 0.29) is 11.5 Å². The maximum absolute atomic E-state index is 12.5. The number of fused-ring (bicyclic) bond motifs is 4. The van der Waals surface area contributed by atoms with E-state index < -0.39 is 5.63 Å². The van der Waals surface area contributed by atoms with E-state index >= 15 is 0 Å². The van der Waals surface area contributed by atoms with Crippen LogP contribution in [0.2, 0.25) is 0 Å². The number of para-hydroxylation sites is 1. The molecule has 5 nitrogen and oxygen atoms in total. The molecule has 5 rings (SSSR count). The Morgan fingerprint density at radius 3 is 2.67 bits per heavy atom. The van der Waals surface area contributed by atoms with Crippen molar-refractivity contribution in [3.63, 3.8) is 0 Å². The number of nitrogens with zero attached hydrogens (tertiary/aromatic N) is 2. The molecule has 0 N–H and O–H groups in total. The van der Waals surface area contributed by atoms with Crippen molar-refractivity contribution < 1.29 is 8.83 Å². The number of hydrogen-bond acceptors (Lipinski definition) is 5. The second-order valence-electron chi connectivity index (χ2n) is 6.49. The molecule has 0 fully saturated rings. The van der Waals surface area contributed by atoms with Gasteiger partial charge in [-0.15, -0.1) is 0 Å². The molecule has 0 radical (unpaired) electrons. The van der Waals surface area contributed by atoms with E-state index in [2.05, 4.69) is 25.9 Å². The SMILES string of the molecule is Cc1cccc2c1nc(C)c1nc(-c3cc4cc(Br)ccc4oc3=O)oc12. The van der Waals surface area contributed by atoms with Crippen LogP contribution in [0, 0.1) is 13.8 Å². The Morgan fingerprint density at radius 2 is 1.81 bits per heavy atom.